The summed E-state index contributed by atoms with van der Waals surface area (Å²) in [6.07, 6.45) is 3.51. The maximum absolute atomic E-state index is 9.87. The minimum Gasteiger partial charge on any atom is -0.412 e. The number of aromatic nitrogens is 1. The van der Waals surface area contributed by atoms with Crippen molar-refractivity contribution in [2.24, 2.45) is 0 Å². The third kappa shape index (κ3) is 9.29. The molecule has 0 aliphatic carbocycles. The quantitative estimate of drug-likeness (QED) is 0.694. The van der Waals surface area contributed by atoms with E-state index in [2.05, 4.69) is 4.98 Å². The monoisotopic (exact) mass is 237 g/mol. The van der Waals surface area contributed by atoms with Gasteiger partial charge in [-0.15, -0.1) is 0 Å². The van der Waals surface area contributed by atoms with E-state index in [0.717, 1.165) is 0 Å². The van der Waals surface area contributed by atoms with Gasteiger partial charge in [0.2, 0.25) is 0 Å². The summed E-state index contributed by atoms with van der Waals surface area (Å²) < 4.78 is 27.7. The Hall–Kier alpha value is -1.02. The first-order chi connectivity index (χ1) is 6.48. The van der Waals surface area contributed by atoms with Crippen molar-refractivity contribution < 1.29 is 23.6 Å². The molecule has 15 heavy (non-hydrogen) atoms. The van der Waals surface area contributed by atoms with E-state index in [4.69, 9.17) is 9.66 Å². The van der Waals surface area contributed by atoms with Gasteiger partial charge in [-0.2, -0.15) is 8.42 Å². The lowest BCUT2D eigenvalue weighted by Crippen LogP contribution is -2.17. The number of nitrogens with zero attached hydrogens (tertiary/aromatic N) is 1. The summed E-state index contributed by atoms with van der Waals surface area (Å²) in [5, 5.41) is 8.36. The molecule has 0 spiro atoms. The van der Waals surface area contributed by atoms with Crippen molar-refractivity contribution in [1.29, 1.82) is 0 Å². The molecule has 1 atom stereocenters. The molecule has 0 aliphatic rings. The van der Waals surface area contributed by atoms with Gasteiger partial charge in [-0.1, -0.05) is 13.0 Å². The predicted octanol–water partition coefficient (Wildman–Crippen LogP) is -0.141. The standard InChI is InChI=1S/C5H5N.C3H8O4S.H2O/c1-2-4-6-5-3-1;1-2-3(4)8(5,6)7;/h1-5H;3-4H,2H2,1H3,(H,5,6,7);1H2. The van der Waals surface area contributed by atoms with Crippen molar-refractivity contribution in [1.82, 2.24) is 4.98 Å². The minimum absolute atomic E-state index is 0. The molecule has 0 amide bonds. The molecule has 0 saturated carbocycles. The van der Waals surface area contributed by atoms with E-state index < -0.39 is 15.6 Å². The number of hydrogen-bond donors (Lipinski definition) is 2. The van der Waals surface area contributed by atoms with Crippen LogP contribution in [0.15, 0.2) is 30.6 Å². The first-order valence-electron chi connectivity index (χ1n) is 3.97. The normalized spacial score (nSPS) is 11.7. The second-order valence-corrected chi connectivity index (χ2v) is 3.98. The minimum atomic E-state index is -4.20. The van der Waals surface area contributed by atoms with E-state index in [0.29, 0.717) is 0 Å². The number of rotatable bonds is 2. The molecule has 1 unspecified atom stereocenters. The lowest BCUT2D eigenvalue weighted by molar-refractivity contribution is 0.229. The fourth-order valence-corrected chi connectivity index (χ4v) is 0.944. The van der Waals surface area contributed by atoms with Gasteiger partial charge in [0.1, 0.15) is 0 Å². The second kappa shape index (κ2) is 8.30. The molecule has 88 valence electrons. The van der Waals surface area contributed by atoms with E-state index in [1.54, 1.807) is 12.4 Å². The third-order valence-corrected chi connectivity index (χ3v) is 2.28. The molecule has 1 heterocycles. The summed E-state index contributed by atoms with van der Waals surface area (Å²) in [4.78, 5) is 3.78. The topological polar surface area (TPSA) is 119 Å². The highest BCUT2D eigenvalue weighted by molar-refractivity contribution is 7.86. The van der Waals surface area contributed by atoms with Gasteiger partial charge in [0.05, 0.1) is 0 Å². The molecule has 6 nitrogen and oxygen atoms in total. The Bertz CT molecular complexity index is 299. The van der Waals surface area contributed by atoms with Crippen LogP contribution in [0.4, 0.5) is 0 Å². The van der Waals surface area contributed by atoms with E-state index in [9.17, 15) is 8.42 Å². The molecule has 0 aliphatic heterocycles. The Morgan fingerprint density at radius 2 is 1.73 bits per heavy atom. The third-order valence-electron chi connectivity index (χ3n) is 1.26. The average molecular weight is 237 g/mol. The molecule has 0 bridgehead atoms. The summed E-state index contributed by atoms with van der Waals surface area (Å²) in [7, 11) is -4.20. The molecule has 0 fully saturated rings. The number of aliphatic hydroxyl groups is 1. The van der Waals surface area contributed by atoms with Crippen LogP contribution in [0.2, 0.25) is 0 Å². The molecule has 7 heteroatoms. The van der Waals surface area contributed by atoms with Crippen LogP contribution >= 0.6 is 0 Å². The van der Waals surface area contributed by atoms with Crippen LogP contribution in [-0.2, 0) is 10.1 Å². The van der Waals surface area contributed by atoms with Crippen molar-refractivity contribution in [2.75, 3.05) is 0 Å². The maximum Gasteiger partial charge on any atom is 0.291 e. The predicted molar refractivity (Wildman–Crippen MR) is 55.7 cm³/mol. The van der Waals surface area contributed by atoms with Crippen molar-refractivity contribution >= 4 is 10.1 Å². The Morgan fingerprint density at radius 1 is 1.27 bits per heavy atom. The van der Waals surface area contributed by atoms with Crippen LogP contribution in [0, 0.1) is 0 Å². The van der Waals surface area contributed by atoms with Gasteiger partial charge in [0.25, 0.3) is 10.1 Å². The lowest BCUT2D eigenvalue weighted by Gasteiger charge is -1.99. The molecular formula is C8H15NO5S. The van der Waals surface area contributed by atoms with E-state index >= 15 is 0 Å². The SMILES string of the molecule is CCC(O)S(=O)(=O)O.O.c1ccncc1. The molecular weight excluding hydrogens is 222 g/mol. The van der Waals surface area contributed by atoms with Gasteiger partial charge in [0, 0.05) is 12.4 Å². The largest absolute Gasteiger partial charge is 0.412 e. The van der Waals surface area contributed by atoms with E-state index in [1.807, 2.05) is 18.2 Å². The summed E-state index contributed by atoms with van der Waals surface area (Å²) in [6.45, 7) is 1.46. The van der Waals surface area contributed by atoms with Gasteiger partial charge < -0.3 is 10.6 Å². The van der Waals surface area contributed by atoms with E-state index in [-0.39, 0.29) is 11.9 Å². The van der Waals surface area contributed by atoms with Crippen molar-refractivity contribution in [3.63, 3.8) is 0 Å². The van der Waals surface area contributed by atoms with Crippen molar-refractivity contribution in [3.8, 4) is 0 Å². The van der Waals surface area contributed by atoms with Gasteiger partial charge >= 0.3 is 0 Å². The fraction of sp³-hybridized carbons (Fsp3) is 0.375. The summed E-state index contributed by atoms with van der Waals surface area (Å²) >= 11 is 0. The van der Waals surface area contributed by atoms with Gasteiger partial charge in [-0.05, 0) is 18.6 Å². The molecule has 0 saturated heterocycles. The first-order valence-corrected chi connectivity index (χ1v) is 5.48. The zero-order valence-electron chi connectivity index (χ0n) is 8.24. The Labute approximate surface area is 88.7 Å². The maximum atomic E-state index is 9.87. The molecule has 1 aromatic rings. The van der Waals surface area contributed by atoms with Crippen LogP contribution in [0.5, 0.6) is 0 Å². The Balaban J connectivity index is 0. The van der Waals surface area contributed by atoms with Crippen LogP contribution in [0.1, 0.15) is 13.3 Å². The van der Waals surface area contributed by atoms with Crippen molar-refractivity contribution in [3.05, 3.63) is 30.6 Å². The number of pyridine rings is 1. The highest BCUT2D eigenvalue weighted by Crippen LogP contribution is 1.96. The summed E-state index contributed by atoms with van der Waals surface area (Å²) in [5.41, 5.74) is -1.62. The van der Waals surface area contributed by atoms with Crippen LogP contribution in [0.25, 0.3) is 0 Å². The van der Waals surface area contributed by atoms with Gasteiger partial charge in [-0.3, -0.25) is 9.54 Å². The molecule has 4 N–H and O–H groups in total. The fourth-order valence-electron chi connectivity index (χ4n) is 0.523. The zero-order valence-corrected chi connectivity index (χ0v) is 9.05. The highest BCUT2D eigenvalue weighted by atomic mass is 32.2. The average Bonchev–Trinajstić information content (AvgIpc) is 2.19. The van der Waals surface area contributed by atoms with Crippen LogP contribution in [-0.4, -0.2) is 34.0 Å². The van der Waals surface area contributed by atoms with Crippen LogP contribution in [0.3, 0.4) is 0 Å². The van der Waals surface area contributed by atoms with Crippen molar-refractivity contribution in [2.45, 2.75) is 18.8 Å². The van der Waals surface area contributed by atoms with E-state index in [1.165, 1.54) is 6.92 Å². The second-order valence-electron chi connectivity index (χ2n) is 2.40. The number of aliphatic hydroxyl groups excluding tert-OH is 1. The molecule has 0 radical (unpaired) electrons. The Kier molecular flexibility index (Phi) is 9.08. The smallest absolute Gasteiger partial charge is 0.291 e. The Morgan fingerprint density at radius 3 is 1.80 bits per heavy atom. The molecule has 0 aromatic carbocycles. The molecule has 1 aromatic heterocycles. The highest BCUT2D eigenvalue weighted by Gasteiger charge is 2.15. The first kappa shape index (κ1) is 16.4. The number of hydrogen-bond acceptors (Lipinski definition) is 4. The lowest BCUT2D eigenvalue weighted by atomic mass is 10.5. The van der Waals surface area contributed by atoms with Gasteiger partial charge in [-0.25, -0.2) is 0 Å². The molecule has 1 rings (SSSR count). The van der Waals surface area contributed by atoms with Gasteiger partial charge in [0.15, 0.2) is 5.44 Å². The summed E-state index contributed by atoms with van der Waals surface area (Å²) in [6, 6.07) is 5.72. The van der Waals surface area contributed by atoms with Crippen LogP contribution < -0.4 is 0 Å². The summed E-state index contributed by atoms with van der Waals surface area (Å²) in [5.74, 6) is 0. The zero-order chi connectivity index (χ0) is 11.0.